The molecule has 2 aromatic carbocycles. The number of rotatable bonds is 1. The summed E-state index contributed by atoms with van der Waals surface area (Å²) >= 11 is 0. The van der Waals surface area contributed by atoms with Crippen LogP contribution in [0.1, 0.15) is 46.7 Å². The van der Waals surface area contributed by atoms with Gasteiger partial charge in [0.2, 0.25) is 0 Å². The average molecular weight is 274 g/mol. The van der Waals surface area contributed by atoms with Crippen LogP contribution in [0, 0.1) is 13.8 Å². The van der Waals surface area contributed by atoms with E-state index in [1.165, 1.54) is 52.7 Å². The van der Waals surface area contributed by atoms with Crippen LogP contribution >= 0.6 is 0 Å². The average Bonchev–Trinajstić information content (AvgIpc) is 2.98. The summed E-state index contributed by atoms with van der Waals surface area (Å²) in [5, 5.41) is 0. The summed E-state index contributed by atoms with van der Waals surface area (Å²) in [6.45, 7) is 6.68. The molecule has 0 fully saturated rings. The van der Waals surface area contributed by atoms with E-state index in [1.54, 1.807) is 16.7 Å². The fourth-order valence-corrected chi connectivity index (χ4v) is 4.18. The molecule has 0 aromatic heterocycles. The molecule has 2 aromatic rings. The van der Waals surface area contributed by atoms with E-state index in [4.69, 9.17) is 0 Å². The maximum atomic E-state index is 2.48. The van der Waals surface area contributed by atoms with Crippen LogP contribution in [0.25, 0.3) is 17.2 Å². The van der Waals surface area contributed by atoms with Crippen LogP contribution < -0.4 is 0 Å². The highest BCUT2D eigenvalue weighted by Gasteiger charge is 2.24. The molecule has 2 aliphatic rings. The fourth-order valence-electron chi connectivity index (χ4n) is 4.18. The minimum atomic E-state index is 1.14. The lowest BCUT2D eigenvalue weighted by Crippen LogP contribution is -1.97. The fraction of sp³-hybridized carbons (Fsp3) is 0.333. The second kappa shape index (κ2) is 4.59. The molecule has 0 N–H and O–H groups in total. The van der Waals surface area contributed by atoms with E-state index < -0.39 is 0 Å². The Kier molecular flexibility index (Phi) is 2.82. The van der Waals surface area contributed by atoms with Gasteiger partial charge in [-0.1, -0.05) is 47.0 Å². The van der Waals surface area contributed by atoms with Crippen LogP contribution in [0.15, 0.2) is 29.8 Å². The highest BCUT2D eigenvalue weighted by molar-refractivity contribution is 5.85. The molecule has 0 nitrogen and oxygen atoms in total. The third-order valence-corrected chi connectivity index (χ3v) is 4.90. The van der Waals surface area contributed by atoms with Crippen molar-refractivity contribution in [3.8, 4) is 11.1 Å². The molecular formula is C21H22. The summed E-state index contributed by atoms with van der Waals surface area (Å²) < 4.78 is 0. The number of allylic oxidation sites excluding steroid dienone is 1. The maximum absolute atomic E-state index is 2.48. The molecular weight excluding hydrogens is 252 g/mol. The van der Waals surface area contributed by atoms with Crippen LogP contribution in [0.2, 0.25) is 0 Å². The highest BCUT2D eigenvalue weighted by Crippen LogP contribution is 2.42. The third-order valence-electron chi connectivity index (χ3n) is 4.90. The largest absolute Gasteiger partial charge is 0.0683 e. The molecule has 0 amide bonds. The van der Waals surface area contributed by atoms with Gasteiger partial charge in [-0.25, -0.2) is 0 Å². The predicted molar refractivity (Wildman–Crippen MR) is 90.7 cm³/mol. The first-order chi connectivity index (χ1) is 10.1. The van der Waals surface area contributed by atoms with Gasteiger partial charge in [0, 0.05) is 0 Å². The van der Waals surface area contributed by atoms with E-state index in [1.807, 2.05) is 0 Å². The number of benzene rings is 2. The van der Waals surface area contributed by atoms with E-state index in [2.05, 4.69) is 51.1 Å². The minimum Gasteiger partial charge on any atom is -0.0683 e. The molecule has 4 rings (SSSR count). The molecule has 0 heteroatoms. The molecule has 0 atom stereocenters. The molecule has 0 aliphatic heterocycles. The second-order valence-electron chi connectivity index (χ2n) is 6.86. The van der Waals surface area contributed by atoms with E-state index >= 15 is 0 Å². The Labute approximate surface area is 127 Å². The van der Waals surface area contributed by atoms with Gasteiger partial charge in [-0.2, -0.15) is 0 Å². The molecule has 106 valence electrons. The first-order valence-electron chi connectivity index (χ1n) is 8.05. The van der Waals surface area contributed by atoms with Crippen LogP contribution in [0.4, 0.5) is 0 Å². The Morgan fingerprint density at radius 3 is 2.33 bits per heavy atom. The van der Waals surface area contributed by atoms with Crippen molar-refractivity contribution in [2.75, 3.05) is 0 Å². The summed E-state index contributed by atoms with van der Waals surface area (Å²) in [5.41, 5.74) is 13.5. The maximum Gasteiger partial charge on any atom is -0.00603 e. The monoisotopic (exact) mass is 274 g/mol. The predicted octanol–water partition coefficient (Wildman–Crippen LogP) is 5.42. The molecule has 2 aliphatic carbocycles. The topological polar surface area (TPSA) is 0 Å². The zero-order chi connectivity index (χ0) is 14.6. The summed E-state index contributed by atoms with van der Waals surface area (Å²) in [7, 11) is 0. The molecule has 0 saturated heterocycles. The van der Waals surface area contributed by atoms with Crippen molar-refractivity contribution in [1.29, 1.82) is 0 Å². The van der Waals surface area contributed by atoms with Gasteiger partial charge in [-0.05, 0) is 79.8 Å². The van der Waals surface area contributed by atoms with Crippen molar-refractivity contribution in [2.45, 2.75) is 46.5 Å². The van der Waals surface area contributed by atoms with Crippen LogP contribution in [-0.2, 0) is 19.3 Å². The normalized spacial score (nSPS) is 15.9. The Balaban J connectivity index is 2.04. The number of aryl methyl sites for hydroxylation is 3. The SMILES string of the molecule is CC1=Cc2c(cc3c(c2-c2cc(C)cc(C)c2)CCC3)C1. The lowest BCUT2D eigenvalue weighted by Gasteiger charge is -2.16. The quantitative estimate of drug-likeness (QED) is 0.651. The molecule has 0 spiro atoms. The standard InChI is InChI=1S/C21H22/c1-13-7-14(2)10-18(9-13)21-19-6-4-5-16(19)12-17-8-15(3)11-20(17)21/h7,9-12H,4-6,8H2,1-3H3. The lowest BCUT2D eigenvalue weighted by molar-refractivity contribution is 0.912. The molecule has 21 heavy (non-hydrogen) atoms. The highest BCUT2D eigenvalue weighted by atomic mass is 14.3. The van der Waals surface area contributed by atoms with Gasteiger partial charge in [-0.15, -0.1) is 0 Å². The molecule has 0 radical (unpaired) electrons. The molecule has 0 heterocycles. The van der Waals surface area contributed by atoms with Gasteiger partial charge in [0.25, 0.3) is 0 Å². The van der Waals surface area contributed by atoms with Crippen LogP contribution in [0.5, 0.6) is 0 Å². The first-order valence-corrected chi connectivity index (χ1v) is 8.05. The van der Waals surface area contributed by atoms with Gasteiger partial charge >= 0.3 is 0 Å². The van der Waals surface area contributed by atoms with Gasteiger partial charge < -0.3 is 0 Å². The summed E-state index contributed by atoms with van der Waals surface area (Å²) in [4.78, 5) is 0. The Bertz CT molecular complexity index is 755. The summed E-state index contributed by atoms with van der Waals surface area (Å²) in [5.74, 6) is 0. The van der Waals surface area contributed by atoms with Crippen LogP contribution in [0.3, 0.4) is 0 Å². The van der Waals surface area contributed by atoms with Gasteiger partial charge in [0.05, 0.1) is 0 Å². The van der Waals surface area contributed by atoms with E-state index in [9.17, 15) is 0 Å². The van der Waals surface area contributed by atoms with Crippen molar-refractivity contribution in [3.63, 3.8) is 0 Å². The van der Waals surface area contributed by atoms with Crippen molar-refractivity contribution < 1.29 is 0 Å². The van der Waals surface area contributed by atoms with Crippen molar-refractivity contribution >= 4 is 6.08 Å². The zero-order valence-electron chi connectivity index (χ0n) is 13.2. The van der Waals surface area contributed by atoms with Crippen molar-refractivity contribution in [3.05, 3.63) is 63.2 Å². The Morgan fingerprint density at radius 1 is 0.810 bits per heavy atom. The van der Waals surface area contributed by atoms with Crippen molar-refractivity contribution in [1.82, 2.24) is 0 Å². The summed E-state index contributed by atoms with van der Waals surface area (Å²) in [6, 6.07) is 9.48. The lowest BCUT2D eigenvalue weighted by atomic mass is 9.88. The molecule has 0 bridgehead atoms. The van der Waals surface area contributed by atoms with E-state index in [0.717, 1.165) is 6.42 Å². The van der Waals surface area contributed by atoms with Gasteiger partial charge in [-0.3, -0.25) is 0 Å². The third kappa shape index (κ3) is 2.05. The molecule has 0 unspecified atom stereocenters. The van der Waals surface area contributed by atoms with Crippen LogP contribution in [-0.4, -0.2) is 0 Å². The first kappa shape index (κ1) is 12.9. The smallest absolute Gasteiger partial charge is 0.00603 e. The van der Waals surface area contributed by atoms with Gasteiger partial charge in [0.1, 0.15) is 0 Å². The number of hydrogen-bond donors (Lipinski definition) is 0. The second-order valence-corrected chi connectivity index (χ2v) is 6.86. The Morgan fingerprint density at radius 2 is 1.57 bits per heavy atom. The minimum absolute atomic E-state index is 1.14. The van der Waals surface area contributed by atoms with E-state index in [-0.39, 0.29) is 0 Å². The number of hydrogen-bond acceptors (Lipinski definition) is 0. The summed E-state index contributed by atoms with van der Waals surface area (Å²) in [6.07, 6.45) is 7.39. The zero-order valence-corrected chi connectivity index (χ0v) is 13.2. The molecule has 0 saturated carbocycles. The van der Waals surface area contributed by atoms with Gasteiger partial charge in [0.15, 0.2) is 0 Å². The van der Waals surface area contributed by atoms with E-state index in [0.29, 0.717) is 0 Å². The number of fused-ring (bicyclic) bond motifs is 2. The van der Waals surface area contributed by atoms with Crippen molar-refractivity contribution in [2.24, 2.45) is 0 Å². The Hall–Kier alpha value is -1.82.